The van der Waals surface area contributed by atoms with E-state index in [1.165, 1.54) is 0 Å². The lowest BCUT2D eigenvalue weighted by molar-refractivity contribution is 0.443. The maximum Gasteiger partial charge on any atom is 0.142 e. The molecule has 15 heavy (non-hydrogen) atoms. The average Bonchev–Trinajstić information content (AvgIpc) is 2.23. The fourth-order valence-corrected chi connectivity index (χ4v) is 2.62. The van der Waals surface area contributed by atoms with Crippen LogP contribution >= 0.6 is 27.5 Å². The number of hydrogen-bond donors (Lipinski definition) is 0. The predicted octanol–water partition coefficient (Wildman–Crippen LogP) is 3.30. The summed E-state index contributed by atoms with van der Waals surface area (Å²) in [6.07, 6.45) is 2.96. The molecule has 0 aromatic carbocycles. The fourth-order valence-electron chi connectivity index (χ4n) is 1.82. The van der Waals surface area contributed by atoms with Crippen molar-refractivity contribution in [3.63, 3.8) is 0 Å². The van der Waals surface area contributed by atoms with Crippen LogP contribution < -0.4 is 4.90 Å². The first kappa shape index (κ1) is 11.2. The number of anilines is 1. The van der Waals surface area contributed by atoms with Crippen LogP contribution in [0.25, 0.3) is 0 Å². The topological polar surface area (TPSA) is 16.1 Å². The molecule has 1 aromatic rings. The number of nitrogens with zero attached hydrogens (tertiary/aromatic N) is 2. The van der Waals surface area contributed by atoms with E-state index in [0.29, 0.717) is 5.92 Å². The predicted molar refractivity (Wildman–Crippen MR) is 67.6 cm³/mol. The second-order valence-electron chi connectivity index (χ2n) is 4.04. The minimum Gasteiger partial charge on any atom is -0.354 e. The maximum atomic E-state index is 6.28. The molecule has 2 nitrogen and oxygen atoms in total. The van der Waals surface area contributed by atoms with E-state index in [1.807, 2.05) is 18.3 Å². The molecule has 4 heteroatoms. The van der Waals surface area contributed by atoms with Gasteiger partial charge in [-0.05, 0) is 40.4 Å². The molecular formula is C11H14BrClN2. The van der Waals surface area contributed by atoms with Crippen molar-refractivity contribution in [1.82, 2.24) is 4.98 Å². The molecule has 0 spiro atoms. The lowest BCUT2D eigenvalue weighted by atomic mass is 9.99. The van der Waals surface area contributed by atoms with E-state index in [9.17, 15) is 0 Å². The summed E-state index contributed by atoms with van der Waals surface area (Å²) >= 11 is 9.80. The molecule has 1 aliphatic heterocycles. The third kappa shape index (κ3) is 2.45. The van der Waals surface area contributed by atoms with Gasteiger partial charge in [0.05, 0.1) is 9.85 Å². The molecule has 0 saturated carbocycles. The molecule has 82 valence electrons. The van der Waals surface area contributed by atoms with E-state index < -0.39 is 0 Å². The van der Waals surface area contributed by atoms with Gasteiger partial charge in [-0.1, -0.05) is 6.92 Å². The summed E-state index contributed by atoms with van der Waals surface area (Å²) < 4.78 is 1.04. The van der Waals surface area contributed by atoms with Crippen LogP contribution in [-0.2, 0) is 0 Å². The normalized spacial score (nSPS) is 26.7. The minimum absolute atomic E-state index is 0.229. The van der Waals surface area contributed by atoms with E-state index in [1.54, 1.807) is 0 Å². The third-order valence-electron chi connectivity index (χ3n) is 2.91. The molecule has 1 fully saturated rings. The number of alkyl halides is 1. The van der Waals surface area contributed by atoms with Crippen molar-refractivity contribution in [2.45, 2.75) is 18.7 Å². The first-order valence-corrected chi connectivity index (χ1v) is 6.41. The van der Waals surface area contributed by atoms with E-state index in [4.69, 9.17) is 11.6 Å². The Bertz CT molecular complexity index is 345. The van der Waals surface area contributed by atoms with Gasteiger partial charge in [-0.25, -0.2) is 4.98 Å². The van der Waals surface area contributed by atoms with Gasteiger partial charge in [0, 0.05) is 19.3 Å². The molecule has 1 aliphatic rings. The van der Waals surface area contributed by atoms with Crippen molar-refractivity contribution in [2.75, 3.05) is 18.0 Å². The van der Waals surface area contributed by atoms with Gasteiger partial charge in [0.2, 0.25) is 0 Å². The van der Waals surface area contributed by atoms with Crippen molar-refractivity contribution in [2.24, 2.45) is 5.92 Å². The van der Waals surface area contributed by atoms with Gasteiger partial charge >= 0.3 is 0 Å². The average molecular weight is 290 g/mol. The van der Waals surface area contributed by atoms with Crippen LogP contribution in [0.2, 0.25) is 0 Å². The zero-order valence-electron chi connectivity index (χ0n) is 8.66. The minimum atomic E-state index is 0.229. The standard InChI is InChI=1S/C11H14BrClN2/c1-8-4-6-15(7-10(8)13)11-9(12)3-2-5-14-11/h2-3,5,8,10H,4,6-7H2,1H3. The zero-order chi connectivity index (χ0) is 10.8. The number of rotatable bonds is 1. The smallest absolute Gasteiger partial charge is 0.142 e. The molecule has 1 saturated heterocycles. The number of aromatic nitrogens is 1. The fraction of sp³-hybridized carbons (Fsp3) is 0.545. The molecule has 0 bridgehead atoms. The lowest BCUT2D eigenvalue weighted by Crippen LogP contribution is -2.40. The molecule has 2 atom stereocenters. The first-order chi connectivity index (χ1) is 7.18. The highest BCUT2D eigenvalue weighted by atomic mass is 79.9. The Hall–Kier alpha value is -0.280. The Morgan fingerprint density at radius 3 is 3.07 bits per heavy atom. The van der Waals surface area contributed by atoms with Crippen LogP contribution in [-0.4, -0.2) is 23.5 Å². The Kier molecular flexibility index (Phi) is 3.52. The molecule has 2 unspecified atom stereocenters. The summed E-state index contributed by atoms with van der Waals surface area (Å²) in [6.45, 7) is 4.14. The Labute approximate surface area is 104 Å². The molecule has 0 amide bonds. The molecule has 1 aromatic heterocycles. The summed E-state index contributed by atoms with van der Waals surface area (Å²) in [5.41, 5.74) is 0. The quantitative estimate of drug-likeness (QED) is 0.738. The highest BCUT2D eigenvalue weighted by Gasteiger charge is 2.25. The van der Waals surface area contributed by atoms with Crippen LogP contribution in [0.1, 0.15) is 13.3 Å². The zero-order valence-corrected chi connectivity index (χ0v) is 11.0. The van der Waals surface area contributed by atoms with Gasteiger partial charge in [-0.2, -0.15) is 0 Å². The SMILES string of the molecule is CC1CCN(c2ncccc2Br)CC1Cl. The Morgan fingerprint density at radius 2 is 2.40 bits per heavy atom. The lowest BCUT2D eigenvalue weighted by Gasteiger charge is -2.35. The van der Waals surface area contributed by atoms with Crippen LogP contribution in [0.15, 0.2) is 22.8 Å². The Balaban J connectivity index is 2.15. The monoisotopic (exact) mass is 288 g/mol. The first-order valence-electron chi connectivity index (χ1n) is 5.18. The van der Waals surface area contributed by atoms with Crippen LogP contribution in [0.4, 0.5) is 5.82 Å². The number of hydrogen-bond acceptors (Lipinski definition) is 2. The molecule has 2 rings (SSSR count). The van der Waals surface area contributed by atoms with Crippen LogP contribution in [0.5, 0.6) is 0 Å². The third-order valence-corrected chi connectivity index (χ3v) is 4.09. The molecular weight excluding hydrogens is 275 g/mol. The van der Waals surface area contributed by atoms with Crippen molar-refractivity contribution in [3.05, 3.63) is 22.8 Å². The number of pyridine rings is 1. The highest BCUT2D eigenvalue weighted by molar-refractivity contribution is 9.10. The van der Waals surface area contributed by atoms with Crippen molar-refractivity contribution in [1.29, 1.82) is 0 Å². The number of halogens is 2. The second kappa shape index (κ2) is 4.71. The summed E-state index contributed by atoms with van der Waals surface area (Å²) in [7, 11) is 0. The van der Waals surface area contributed by atoms with Crippen molar-refractivity contribution < 1.29 is 0 Å². The van der Waals surface area contributed by atoms with Gasteiger partial charge in [0.15, 0.2) is 0 Å². The highest BCUT2D eigenvalue weighted by Crippen LogP contribution is 2.29. The van der Waals surface area contributed by atoms with Crippen LogP contribution in [0.3, 0.4) is 0 Å². The van der Waals surface area contributed by atoms with Gasteiger partial charge in [-0.15, -0.1) is 11.6 Å². The molecule has 2 heterocycles. The van der Waals surface area contributed by atoms with E-state index in [0.717, 1.165) is 29.8 Å². The summed E-state index contributed by atoms with van der Waals surface area (Å²) in [5.74, 6) is 1.61. The molecule has 0 radical (unpaired) electrons. The summed E-state index contributed by atoms with van der Waals surface area (Å²) in [6, 6.07) is 3.95. The Morgan fingerprint density at radius 1 is 1.60 bits per heavy atom. The summed E-state index contributed by atoms with van der Waals surface area (Å²) in [5, 5.41) is 0.229. The molecule has 0 N–H and O–H groups in total. The molecule has 0 aliphatic carbocycles. The summed E-state index contributed by atoms with van der Waals surface area (Å²) in [4.78, 5) is 6.63. The maximum absolute atomic E-state index is 6.28. The van der Waals surface area contributed by atoms with E-state index in [2.05, 4.69) is 32.7 Å². The van der Waals surface area contributed by atoms with Crippen molar-refractivity contribution in [3.8, 4) is 0 Å². The largest absolute Gasteiger partial charge is 0.354 e. The van der Waals surface area contributed by atoms with Gasteiger partial charge < -0.3 is 4.90 Å². The van der Waals surface area contributed by atoms with Crippen LogP contribution in [0, 0.1) is 5.92 Å². The second-order valence-corrected chi connectivity index (χ2v) is 5.45. The number of piperidine rings is 1. The van der Waals surface area contributed by atoms with Gasteiger partial charge in [0.1, 0.15) is 5.82 Å². The van der Waals surface area contributed by atoms with Crippen molar-refractivity contribution >= 4 is 33.3 Å². The van der Waals surface area contributed by atoms with E-state index in [-0.39, 0.29) is 5.38 Å². The van der Waals surface area contributed by atoms with Gasteiger partial charge in [0.25, 0.3) is 0 Å². The van der Waals surface area contributed by atoms with Gasteiger partial charge in [-0.3, -0.25) is 0 Å². The van der Waals surface area contributed by atoms with E-state index >= 15 is 0 Å².